The molecule has 0 spiro atoms. The summed E-state index contributed by atoms with van der Waals surface area (Å²) in [6.45, 7) is 8.36. The van der Waals surface area contributed by atoms with Crippen molar-refractivity contribution in [3.8, 4) is 5.75 Å². The van der Waals surface area contributed by atoms with Crippen LogP contribution in [0.2, 0.25) is 0 Å². The topological polar surface area (TPSA) is 91.1 Å². The van der Waals surface area contributed by atoms with Gasteiger partial charge in [-0.3, -0.25) is 0 Å². The van der Waals surface area contributed by atoms with Crippen molar-refractivity contribution in [2.45, 2.75) is 83.1 Å². The monoisotopic (exact) mass is 494 g/mol. The molecule has 3 atom stereocenters. The molecule has 1 saturated heterocycles. The van der Waals surface area contributed by atoms with E-state index in [0.29, 0.717) is 36.7 Å². The largest absolute Gasteiger partial charge is 0.484 e. The van der Waals surface area contributed by atoms with Crippen LogP contribution >= 0.6 is 0 Å². The van der Waals surface area contributed by atoms with Crippen molar-refractivity contribution in [2.75, 3.05) is 13.1 Å². The molecule has 2 fully saturated rings. The quantitative estimate of drug-likeness (QED) is 0.505. The van der Waals surface area contributed by atoms with Gasteiger partial charge in [0.2, 0.25) is 0 Å². The van der Waals surface area contributed by atoms with Gasteiger partial charge in [0.05, 0.1) is 12.1 Å². The number of ether oxygens (including phenoxy) is 3. The van der Waals surface area contributed by atoms with Crippen molar-refractivity contribution in [3.63, 3.8) is 0 Å². The van der Waals surface area contributed by atoms with E-state index in [-0.39, 0.29) is 24.3 Å². The Morgan fingerprint density at radius 3 is 2.25 bits per heavy atom. The first-order valence-electron chi connectivity index (χ1n) is 12.9. The van der Waals surface area contributed by atoms with Crippen LogP contribution in [-0.2, 0) is 9.47 Å². The fourth-order valence-corrected chi connectivity index (χ4v) is 4.42. The molecule has 2 aromatic rings. The maximum Gasteiger partial charge on any atom is 0.410 e. The normalized spacial score (nSPS) is 19.8. The van der Waals surface area contributed by atoms with Crippen LogP contribution in [0, 0.1) is 0 Å². The minimum atomic E-state index is -0.564. The first-order chi connectivity index (χ1) is 17.1. The highest BCUT2D eigenvalue weighted by Gasteiger charge is 2.30. The van der Waals surface area contributed by atoms with Crippen LogP contribution < -0.4 is 10.5 Å². The van der Waals surface area contributed by atoms with E-state index < -0.39 is 11.6 Å². The van der Waals surface area contributed by atoms with Crippen LogP contribution in [-0.4, -0.2) is 47.8 Å². The van der Waals surface area contributed by atoms with Gasteiger partial charge in [0.25, 0.3) is 0 Å². The summed E-state index contributed by atoms with van der Waals surface area (Å²) in [5.74, 6) is 0.917. The van der Waals surface area contributed by atoms with Gasteiger partial charge in [-0.15, -0.1) is 0 Å². The molecule has 1 amide bonds. The molecular weight excluding hydrogens is 456 g/mol. The second-order valence-electron chi connectivity index (χ2n) is 11.0. The van der Waals surface area contributed by atoms with Gasteiger partial charge in [0, 0.05) is 12.6 Å². The van der Waals surface area contributed by atoms with Crippen LogP contribution in [0.3, 0.4) is 0 Å². The number of benzene rings is 2. The molecule has 1 aliphatic heterocycles. The van der Waals surface area contributed by atoms with E-state index in [1.807, 2.05) is 27.7 Å². The number of hydrogen-bond acceptors (Lipinski definition) is 6. The summed E-state index contributed by atoms with van der Waals surface area (Å²) in [7, 11) is 0. The van der Waals surface area contributed by atoms with E-state index >= 15 is 0 Å². The number of piperidine rings is 1. The average Bonchev–Trinajstić information content (AvgIpc) is 3.68. The molecule has 0 radical (unpaired) electrons. The molecule has 2 aliphatic rings. The van der Waals surface area contributed by atoms with E-state index in [4.69, 9.17) is 19.9 Å². The molecule has 7 heteroatoms. The SMILES string of the molecule is C[C@H](N)[C@H](Oc1ccc(C(=O)O[C@H]2CCCN(C(=O)OC(C)(C)C)C2)cc1)c1ccc(C2CC2)cc1. The lowest BCUT2D eigenvalue weighted by atomic mass is 10.0. The lowest BCUT2D eigenvalue weighted by Crippen LogP contribution is -2.45. The molecule has 36 heavy (non-hydrogen) atoms. The lowest BCUT2D eigenvalue weighted by Gasteiger charge is -2.33. The Hall–Kier alpha value is -3.06. The van der Waals surface area contributed by atoms with Crippen molar-refractivity contribution >= 4 is 12.1 Å². The Labute approximate surface area is 213 Å². The van der Waals surface area contributed by atoms with E-state index in [1.54, 1.807) is 29.2 Å². The third-order valence-electron chi connectivity index (χ3n) is 6.45. The van der Waals surface area contributed by atoms with Crippen LogP contribution in [0.4, 0.5) is 4.79 Å². The Morgan fingerprint density at radius 1 is 1.00 bits per heavy atom. The molecule has 2 N–H and O–H groups in total. The van der Waals surface area contributed by atoms with Crippen LogP contribution in [0.5, 0.6) is 5.75 Å². The zero-order valence-corrected chi connectivity index (χ0v) is 21.7. The number of esters is 1. The van der Waals surface area contributed by atoms with Gasteiger partial charge in [-0.05, 0) is 94.7 Å². The average molecular weight is 495 g/mol. The summed E-state index contributed by atoms with van der Waals surface area (Å²) in [5.41, 5.74) is 8.51. The van der Waals surface area contributed by atoms with E-state index in [0.717, 1.165) is 12.0 Å². The van der Waals surface area contributed by atoms with Gasteiger partial charge >= 0.3 is 12.1 Å². The first-order valence-corrected chi connectivity index (χ1v) is 12.9. The molecule has 0 aromatic heterocycles. The Kier molecular flexibility index (Phi) is 7.88. The second-order valence-corrected chi connectivity index (χ2v) is 11.0. The molecule has 194 valence electrons. The summed E-state index contributed by atoms with van der Waals surface area (Å²) in [4.78, 5) is 26.7. The number of likely N-dealkylation sites (tertiary alicyclic amines) is 1. The maximum atomic E-state index is 12.8. The van der Waals surface area contributed by atoms with Crippen molar-refractivity contribution in [1.82, 2.24) is 4.90 Å². The Morgan fingerprint density at radius 2 is 1.67 bits per heavy atom. The zero-order chi connectivity index (χ0) is 25.9. The number of nitrogens with two attached hydrogens (primary N) is 1. The molecule has 2 aromatic carbocycles. The molecule has 0 unspecified atom stereocenters. The van der Waals surface area contributed by atoms with Gasteiger partial charge in [-0.2, -0.15) is 0 Å². The molecule has 1 saturated carbocycles. The van der Waals surface area contributed by atoms with Crippen molar-refractivity contribution in [2.24, 2.45) is 5.73 Å². The van der Waals surface area contributed by atoms with Gasteiger partial charge in [0.15, 0.2) is 0 Å². The fraction of sp³-hybridized carbons (Fsp3) is 0.517. The first kappa shape index (κ1) is 26.0. The Balaban J connectivity index is 1.33. The van der Waals surface area contributed by atoms with Crippen molar-refractivity contribution in [1.29, 1.82) is 0 Å². The lowest BCUT2D eigenvalue weighted by molar-refractivity contribution is -0.0115. The number of carbonyl (C=O) groups is 2. The predicted molar refractivity (Wildman–Crippen MR) is 138 cm³/mol. The third-order valence-corrected chi connectivity index (χ3v) is 6.45. The van der Waals surface area contributed by atoms with Crippen molar-refractivity contribution < 1.29 is 23.8 Å². The highest BCUT2D eigenvalue weighted by atomic mass is 16.6. The van der Waals surface area contributed by atoms with E-state index in [2.05, 4.69) is 24.3 Å². The highest BCUT2D eigenvalue weighted by Crippen LogP contribution is 2.40. The van der Waals surface area contributed by atoms with Gasteiger partial charge in [-0.1, -0.05) is 24.3 Å². The number of amides is 1. The smallest absolute Gasteiger partial charge is 0.410 e. The van der Waals surface area contributed by atoms with Crippen LogP contribution in [0.1, 0.15) is 86.9 Å². The summed E-state index contributed by atoms with van der Waals surface area (Å²) in [6, 6.07) is 15.2. The summed E-state index contributed by atoms with van der Waals surface area (Å²) >= 11 is 0. The van der Waals surface area contributed by atoms with Gasteiger partial charge < -0.3 is 24.8 Å². The van der Waals surface area contributed by atoms with Crippen LogP contribution in [0.25, 0.3) is 0 Å². The number of hydrogen-bond donors (Lipinski definition) is 1. The second kappa shape index (κ2) is 10.9. The molecular formula is C29H38N2O5. The van der Waals surface area contributed by atoms with E-state index in [1.165, 1.54) is 18.4 Å². The van der Waals surface area contributed by atoms with Gasteiger partial charge in [-0.25, -0.2) is 9.59 Å². The summed E-state index contributed by atoms with van der Waals surface area (Å²) < 4.78 is 17.4. The molecule has 1 aliphatic carbocycles. The standard InChI is InChI=1S/C29H38N2O5/c1-19(30)26(22-11-9-21(10-12-22)20-7-8-20)34-24-15-13-23(14-16-24)27(32)35-25-6-5-17-31(18-25)28(33)36-29(2,3)4/h9-16,19-20,25-26H,5-8,17-18,30H2,1-4H3/t19-,25-,26-/m0/s1. The number of nitrogens with zero attached hydrogens (tertiary/aromatic N) is 1. The van der Waals surface area contributed by atoms with Crippen molar-refractivity contribution in [3.05, 3.63) is 65.2 Å². The van der Waals surface area contributed by atoms with Gasteiger partial charge in [0.1, 0.15) is 23.6 Å². The summed E-state index contributed by atoms with van der Waals surface area (Å²) in [5, 5.41) is 0. The molecule has 7 nitrogen and oxygen atoms in total. The molecule has 1 heterocycles. The maximum absolute atomic E-state index is 12.8. The minimum Gasteiger partial charge on any atom is -0.484 e. The fourth-order valence-electron chi connectivity index (χ4n) is 4.42. The molecule has 4 rings (SSSR count). The van der Waals surface area contributed by atoms with Crippen LogP contribution in [0.15, 0.2) is 48.5 Å². The Bertz CT molecular complexity index is 1040. The molecule has 0 bridgehead atoms. The minimum absolute atomic E-state index is 0.208. The third kappa shape index (κ3) is 7.00. The highest BCUT2D eigenvalue weighted by molar-refractivity contribution is 5.89. The predicted octanol–water partition coefficient (Wildman–Crippen LogP) is 5.59. The van der Waals surface area contributed by atoms with E-state index in [9.17, 15) is 9.59 Å². The number of carbonyl (C=O) groups excluding carboxylic acids is 2. The summed E-state index contributed by atoms with van der Waals surface area (Å²) in [6.07, 6.45) is 2.96. The number of rotatable bonds is 7. The zero-order valence-electron chi connectivity index (χ0n) is 21.7.